The molecule has 4 rings (SSSR count). The molecule has 2 aromatic heterocycles. The van der Waals surface area contributed by atoms with Gasteiger partial charge in [0.1, 0.15) is 11.5 Å². The van der Waals surface area contributed by atoms with Crippen molar-refractivity contribution in [3.63, 3.8) is 0 Å². The second-order valence-corrected chi connectivity index (χ2v) is 6.96. The molecule has 5 nitrogen and oxygen atoms in total. The fourth-order valence-corrected chi connectivity index (χ4v) is 3.51. The van der Waals surface area contributed by atoms with Gasteiger partial charge in [0.15, 0.2) is 0 Å². The Morgan fingerprint density at radius 2 is 1.90 bits per heavy atom. The van der Waals surface area contributed by atoms with Crippen LogP contribution >= 0.6 is 13.5 Å². The van der Waals surface area contributed by atoms with Crippen molar-refractivity contribution in [2.75, 3.05) is 11.4 Å². The summed E-state index contributed by atoms with van der Waals surface area (Å²) in [5.41, 5.74) is 0.905. The van der Waals surface area contributed by atoms with E-state index in [0.717, 1.165) is 17.3 Å². The highest BCUT2D eigenvalue weighted by molar-refractivity contribution is 7.59. The van der Waals surface area contributed by atoms with E-state index in [-0.39, 0.29) is 37.5 Å². The van der Waals surface area contributed by atoms with Gasteiger partial charge in [-0.3, -0.25) is 14.5 Å². The first-order valence-electron chi connectivity index (χ1n) is 8.86. The quantitative estimate of drug-likeness (QED) is 0.543. The molecule has 0 radical (unpaired) electrons. The third-order valence-electron chi connectivity index (χ3n) is 4.88. The van der Waals surface area contributed by atoms with Crippen molar-refractivity contribution in [3.05, 3.63) is 65.5 Å². The number of anilines is 1. The van der Waals surface area contributed by atoms with E-state index in [0.29, 0.717) is 11.6 Å². The number of hydrogen-bond acceptors (Lipinski definition) is 3. The van der Waals surface area contributed by atoms with Gasteiger partial charge in [0.2, 0.25) is 0 Å². The number of amides is 1. The van der Waals surface area contributed by atoms with Crippen LogP contribution in [0.4, 0.5) is 23.2 Å². The molecule has 0 bridgehead atoms. The largest absolute Gasteiger partial charge is 0.419 e. The van der Waals surface area contributed by atoms with Gasteiger partial charge >= 0.3 is 6.18 Å². The maximum absolute atomic E-state index is 13.7. The van der Waals surface area contributed by atoms with E-state index in [2.05, 4.69) is 10.1 Å². The predicted octanol–water partition coefficient (Wildman–Crippen LogP) is 4.75. The molecule has 30 heavy (non-hydrogen) atoms. The molecule has 0 aliphatic carbocycles. The molecule has 0 spiro atoms. The van der Waals surface area contributed by atoms with Crippen molar-refractivity contribution < 1.29 is 22.4 Å². The molecule has 1 amide bonds. The van der Waals surface area contributed by atoms with Crippen molar-refractivity contribution in [2.24, 2.45) is 0 Å². The molecule has 10 heteroatoms. The fraction of sp³-hybridized carbons (Fsp3) is 0.250. The summed E-state index contributed by atoms with van der Waals surface area (Å²) in [4.78, 5) is 18.6. The molecule has 3 heterocycles. The molecule has 0 saturated heterocycles. The number of nitrogens with zero attached hydrogens (tertiary/aromatic N) is 4. The zero-order valence-electron chi connectivity index (χ0n) is 16.0. The van der Waals surface area contributed by atoms with Crippen molar-refractivity contribution in [2.45, 2.75) is 26.1 Å². The SMILES string of the molecule is Cc1cc(-c2cnn3c2C(=O)N(c2ccc(F)c(C(F)(F)F)c2)C[C@@H]3C)ccn1.S. The highest BCUT2D eigenvalue weighted by Gasteiger charge is 2.37. The lowest BCUT2D eigenvalue weighted by Gasteiger charge is -2.32. The molecular formula is C20H18F4N4OS. The van der Waals surface area contributed by atoms with Gasteiger partial charge in [-0.25, -0.2) is 4.39 Å². The van der Waals surface area contributed by atoms with E-state index >= 15 is 0 Å². The number of carbonyl (C=O) groups is 1. The second kappa shape index (κ2) is 7.75. The maximum Gasteiger partial charge on any atom is 0.419 e. The summed E-state index contributed by atoms with van der Waals surface area (Å²) in [5, 5.41) is 4.30. The van der Waals surface area contributed by atoms with Crippen molar-refractivity contribution in [1.29, 1.82) is 0 Å². The van der Waals surface area contributed by atoms with Crippen LogP contribution in [0.2, 0.25) is 0 Å². The average Bonchev–Trinajstić information content (AvgIpc) is 3.10. The lowest BCUT2D eigenvalue weighted by molar-refractivity contribution is -0.139. The van der Waals surface area contributed by atoms with E-state index in [1.54, 1.807) is 29.2 Å². The summed E-state index contributed by atoms with van der Waals surface area (Å²) in [6, 6.07) is 5.84. The van der Waals surface area contributed by atoms with E-state index in [1.807, 2.05) is 13.8 Å². The van der Waals surface area contributed by atoms with Crippen molar-refractivity contribution in [3.8, 4) is 11.1 Å². The molecule has 1 aromatic carbocycles. The van der Waals surface area contributed by atoms with Gasteiger partial charge < -0.3 is 4.90 Å². The molecule has 0 unspecified atom stereocenters. The van der Waals surface area contributed by atoms with Gasteiger partial charge in [0.05, 0.1) is 17.8 Å². The van der Waals surface area contributed by atoms with Crippen LogP contribution in [0.5, 0.6) is 0 Å². The molecule has 1 atom stereocenters. The minimum atomic E-state index is -4.86. The highest BCUT2D eigenvalue weighted by atomic mass is 32.1. The van der Waals surface area contributed by atoms with Gasteiger partial charge in [0, 0.05) is 29.7 Å². The molecule has 1 aliphatic heterocycles. The molecule has 0 saturated carbocycles. The van der Waals surface area contributed by atoms with E-state index < -0.39 is 23.5 Å². The zero-order chi connectivity index (χ0) is 20.9. The third-order valence-corrected chi connectivity index (χ3v) is 4.88. The first kappa shape index (κ1) is 21.8. The Balaban J connectivity index is 0.00000256. The van der Waals surface area contributed by atoms with Gasteiger partial charge in [-0.15, -0.1) is 0 Å². The number of aryl methyl sites for hydroxylation is 1. The summed E-state index contributed by atoms with van der Waals surface area (Å²) in [6.07, 6.45) is -1.68. The standard InChI is InChI=1S/C20H16F4N4O.H2S/c1-11-7-13(5-6-25-11)15-9-26-28-12(2)10-27(19(29)18(15)28)14-3-4-17(21)16(8-14)20(22,23)24;/h3-9,12H,10H2,1-2H3;1H2/t12-;/m0./s1. The Morgan fingerprint density at radius 1 is 1.17 bits per heavy atom. The fourth-order valence-electron chi connectivity index (χ4n) is 3.51. The number of fused-ring (bicyclic) bond motifs is 1. The lowest BCUT2D eigenvalue weighted by Crippen LogP contribution is -2.43. The van der Waals surface area contributed by atoms with Crippen LogP contribution in [0.3, 0.4) is 0 Å². The molecule has 3 aromatic rings. The predicted molar refractivity (Wildman–Crippen MR) is 108 cm³/mol. The molecule has 158 valence electrons. The Kier molecular flexibility index (Phi) is 5.64. The van der Waals surface area contributed by atoms with Crippen LogP contribution in [-0.2, 0) is 6.18 Å². The number of benzene rings is 1. The van der Waals surface area contributed by atoms with E-state index in [1.165, 1.54) is 11.0 Å². The monoisotopic (exact) mass is 438 g/mol. The van der Waals surface area contributed by atoms with Gasteiger partial charge in [-0.2, -0.15) is 31.8 Å². The molecule has 0 fully saturated rings. The van der Waals surface area contributed by atoms with Crippen molar-refractivity contribution >= 4 is 25.1 Å². The highest BCUT2D eigenvalue weighted by Crippen LogP contribution is 2.37. The zero-order valence-corrected chi connectivity index (χ0v) is 17.0. The number of aromatic nitrogens is 3. The van der Waals surface area contributed by atoms with Crippen LogP contribution in [0.15, 0.2) is 42.7 Å². The van der Waals surface area contributed by atoms with E-state index in [9.17, 15) is 22.4 Å². The topological polar surface area (TPSA) is 51.0 Å². The number of halogens is 4. The van der Waals surface area contributed by atoms with Crippen LogP contribution in [0.25, 0.3) is 11.1 Å². The summed E-state index contributed by atoms with van der Waals surface area (Å²) >= 11 is 0. The average molecular weight is 438 g/mol. The number of hydrogen-bond donors (Lipinski definition) is 0. The maximum atomic E-state index is 13.7. The molecule has 0 N–H and O–H groups in total. The minimum Gasteiger partial charge on any atom is -0.305 e. The van der Waals surface area contributed by atoms with Gasteiger partial charge in [0.25, 0.3) is 5.91 Å². The summed E-state index contributed by atoms with van der Waals surface area (Å²) in [7, 11) is 0. The normalized spacial score (nSPS) is 16.3. The second-order valence-electron chi connectivity index (χ2n) is 6.96. The van der Waals surface area contributed by atoms with E-state index in [4.69, 9.17) is 0 Å². The van der Waals surface area contributed by atoms with Gasteiger partial charge in [-0.05, 0) is 49.7 Å². The van der Waals surface area contributed by atoms with Crippen LogP contribution < -0.4 is 4.90 Å². The Bertz CT molecular complexity index is 1110. The number of pyridine rings is 1. The Hall–Kier alpha value is -2.88. The minimum absolute atomic E-state index is 0. The Morgan fingerprint density at radius 3 is 2.57 bits per heavy atom. The molecular weight excluding hydrogens is 420 g/mol. The van der Waals surface area contributed by atoms with Crippen molar-refractivity contribution in [1.82, 2.24) is 14.8 Å². The van der Waals surface area contributed by atoms with Gasteiger partial charge in [-0.1, -0.05) is 0 Å². The number of alkyl halides is 3. The summed E-state index contributed by atoms with van der Waals surface area (Å²) in [5.74, 6) is -1.87. The summed E-state index contributed by atoms with van der Waals surface area (Å²) < 4.78 is 54.6. The third kappa shape index (κ3) is 3.67. The Labute approximate surface area is 176 Å². The number of rotatable bonds is 2. The first-order valence-corrected chi connectivity index (χ1v) is 8.86. The number of carbonyl (C=O) groups excluding carboxylic acids is 1. The van der Waals surface area contributed by atoms with Crippen LogP contribution in [-0.4, -0.2) is 27.2 Å². The smallest absolute Gasteiger partial charge is 0.305 e. The summed E-state index contributed by atoms with van der Waals surface area (Å²) in [6.45, 7) is 3.74. The lowest BCUT2D eigenvalue weighted by atomic mass is 10.0. The first-order chi connectivity index (χ1) is 13.7. The van der Waals surface area contributed by atoms with Crippen LogP contribution in [0, 0.1) is 12.7 Å². The molecule has 1 aliphatic rings. The van der Waals surface area contributed by atoms with Crippen LogP contribution in [0.1, 0.15) is 34.7 Å².